The predicted molar refractivity (Wildman–Crippen MR) is 90.5 cm³/mol. The Bertz CT molecular complexity index is 1060. The maximum Gasteiger partial charge on any atom is 0.310 e. The lowest BCUT2D eigenvalue weighted by atomic mass is 9.98. The number of halogens is 2. The summed E-state index contributed by atoms with van der Waals surface area (Å²) in [6.45, 7) is 3.05. The first-order chi connectivity index (χ1) is 12.2. The Kier molecular flexibility index (Phi) is 4.23. The number of phenolic OH excluding ortho intramolecular Hbond substituents is 1. The minimum absolute atomic E-state index is 0.0752. The summed E-state index contributed by atoms with van der Waals surface area (Å²) in [7, 11) is 0. The van der Waals surface area contributed by atoms with Gasteiger partial charge in [-0.3, -0.25) is 14.2 Å². The molecule has 26 heavy (non-hydrogen) atoms. The minimum atomic E-state index is -1.15. The Morgan fingerprint density at radius 1 is 1.08 bits per heavy atom. The summed E-state index contributed by atoms with van der Waals surface area (Å²) in [5.41, 5.74) is 1.03. The highest BCUT2D eigenvalue weighted by Crippen LogP contribution is 2.34. The van der Waals surface area contributed by atoms with Crippen LogP contribution in [0.25, 0.3) is 10.9 Å². The zero-order chi connectivity index (χ0) is 19.2. The second-order valence-corrected chi connectivity index (χ2v) is 6.03. The molecule has 1 unspecified atom stereocenters. The summed E-state index contributed by atoms with van der Waals surface area (Å²) >= 11 is 0. The van der Waals surface area contributed by atoms with Crippen LogP contribution in [0.5, 0.6) is 5.75 Å². The number of hydrogen-bond acceptors (Lipinski definition) is 3. The van der Waals surface area contributed by atoms with Crippen LogP contribution in [0.2, 0.25) is 0 Å². The molecule has 0 fully saturated rings. The van der Waals surface area contributed by atoms with Crippen molar-refractivity contribution in [1.29, 1.82) is 0 Å². The molecule has 3 aromatic rings. The van der Waals surface area contributed by atoms with Crippen molar-refractivity contribution in [2.75, 3.05) is 0 Å². The molecule has 0 radical (unpaired) electrons. The van der Waals surface area contributed by atoms with Crippen molar-refractivity contribution in [2.45, 2.75) is 19.8 Å². The first kappa shape index (κ1) is 17.6. The molecular weight excluding hydrogens is 344 g/mol. The summed E-state index contributed by atoms with van der Waals surface area (Å²) < 4.78 is 27.9. The van der Waals surface area contributed by atoms with Gasteiger partial charge in [0.2, 0.25) is 0 Å². The van der Waals surface area contributed by atoms with E-state index in [1.54, 1.807) is 6.92 Å². The maximum absolute atomic E-state index is 13.5. The summed E-state index contributed by atoms with van der Waals surface area (Å²) in [5, 5.41) is 19.5. The van der Waals surface area contributed by atoms with E-state index in [0.29, 0.717) is 22.2 Å². The Hall–Kier alpha value is -3.22. The number of aliphatic carboxylic acids is 1. The van der Waals surface area contributed by atoms with Gasteiger partial charge in [0.15, 0.2) is 11.6 Å². The van der Waals surface area contributed by atoms with Crippen LogP contribution in [0.3, 0.4) is 0 Å². The standard InChI is InChI=1S/C19H15F2NO4/c1-9(19(25)26)17-10(2)22(16-6-4-12(23)8-13(16)17)18(24)11-3-5-14(20)15(21)7-11/h3-9,23H,1-2H3,(H,25,26). The largest absolute Gasteiger partial charge is 0.508 e. The number of carbonyl (C=O) groups excluding carboxylic acids is 1. The molecule has 1 aromatic heterocycles. The second kappa shape index (κ2) is 6.25. The lowest BCUT2D eigenvalue weighted by molar-refractivity contribution is -0.138. The van der Waals surface area contributed by atoms with Crippen molar-refractivity contribution in [1.82, 2.24) is 4.57 Å². The van der Waals surface area contributed by atoms with Gasteiger partial charge < -0.3 is 10.2 Å². The Labute approximate surface area is 147 Å². The molecule has 0 aliphatic heterocycles. The first-order valence-electron chi connectivity index (χ1n) is 7.79. The third kappa shape index (κ3) is 2.71. The van der Waals surface area contributed by atoms with E-state index in [-0.39, 0.29) is 11.3 Å². The minimum Gasteiger partial charge on any atom is -0.508 e. The van der Waals surface area contributed by atoms with E-state index in [4.69, 9.17) is 0 Å². The smallest absolute Gasteiger partial charge is 0.310 e. The van der Waals surface area contributed by atoms with Crippen molar-refractivity contribution < 1.29 is 28.6 Å². The molecule has 2 aromatic carbocycles. The molecule has 0 saturated heterocycles. The van der Waals surface area contributed by atoms with Crippen molar-refractivity contribution in [3.05, 3.63) is 64.9 Å². The third-order valence-corrected chi connectivity index (χ3v) is 4.41. The molecule has 0 aliphatic rings. The molecule has 2 N–H and O–H groups in total. The average Bonchev–Trinajstić information content (AvgIpc) is 2.87. The number of carbonyl (C=O) groups is 2. The topological polar surface area (TPSA) is 79.5 Å². The molecule has 0 bridgehead atoms. The van der Waals surface area contributed by atoms with Crippen LogP contribution < -0.4 is 0 Å². The van der Waals surface area contributed by atoms with Crippen molar-refractivity contribution >= 4 is 22.8 Å². The van der Waals surface area contributed by atoms with E-state index in [9.17, 15) is 28.6 Å². The molecular formula is C19H15F2NO4. The van der Waals surface area contributed by atoms with Crippen molar-refractivity contribution in [2.24, 2.45) is 0 Å². The summed E-state index contributed by atoms with van der Waals surface area (Å²) in [6.07, 6.45) is 0. The summed E-state index contributed by atoms with van der Waals surface area (Å²) in [5.74, 6) is -4.94. The molecule has 5 nitrogen and oxygen atoms in total. The van der Waals surface area contributed by atoms with Gasteiger partial charge >= 0.3 is 5.97 Å². The SMILES string of the molecule is Cc1c(C(C)C(=O)O)c2cc(O)ccc2n1C(=O)c1ccc(F)c(F)c1. The fourth-order valence-corrected chi connectivity index (χ4v) is 3.12. The van der Waals surface area contributed by atoms with Gasteiger partial charge in [-0.15, -0.1) is 0 Å². The maximum atomic E-state index is 13.5. The zero-order valence-corrected chi connectivity index (χ0v) is 14.0. The monoisotopic (exact) mass is 359 g/mol. The molecule has 0 saturated carbocycles. The summed E-state index contributed by atoms with van der Waals surface area (Å²) in [4.78, 5) is 24.4. The molecule has 3 rings (SSSR count). The number of rotatable bonds is 3. The van der Waals surface area contributed by atoms with Gasteiger partial charge in [0, 0.05) is 16.6 Å². The van der Waals surface area contributed by atoms with Crippen LogP contribution in [-0.4, -0.2) is 26.7 Å². The molecule has 1 heterocycles. The number of phenols is 1. The van der Waals surface area contributed by atoms with Crippen LogP contribution in [0, 0.1) is 18.6 Å². The van der Waals surface area contributed by atoms with E-state index in [1.807, 2.05) is 0 Å². The van der Waals surface area contributed by atoms with Gasteiger partial charge in [0.25, 0.3) is 5.91 Å². The van der Waals surface area contributed by atoms with E-state index in [0.717, 1.165) is 18.2 Å². The number of nitrogens with zero attached hydrogens (tertiary/aromatic N) is 1. The molecule has 0 spiro atoms. The lowest BCUT2D eigenvalue weighted by Crippen LogP contribution is -2.15. The number of hydrogen-bond donors (Lipinski definition) is 2. The number of aromatic nitrogens is 1. The third-order valence-electron chi connectivity index (χ3n) is 4.41. The lowest BCUT2D eigenvalue weighted by Gasteiger charge is -2.09. The van der Waals surface area contributed by atoms with Crippen LogP contribution in [0.15, 0.2) is 36.4 Å². The number of fused-ring (bicyclic) bond motifs is 1. The quantitative estimate of drug-likeness (QED) is 0.745. The highest BCUT2D eigenvalue weighted by molar-refractivity contribution is 6.05. The molecule has 7 heteroatoms. The number of carboxylic acid groups (broad SMARTS) is 1. The number of aromatic hydroxyl groups is 1. The van der Waals surface area contributed by atoms with Gasteiger partial charge in [-0.25, -0.2) is 8.78 Å². The van der Waals surface area contributed by atoms with E-state index in [1.165, 1.54) is 29.7 Å². The van der Waals surface area contributed by atoms with E-state index < -0.39 is 29.4 Å². The van der Waals surface area contributed by atoms with E-state index >= 15 is 0 Å². The Morgan fingerprint density at radius 3 is 2.38 bits per heavy atom. The highest BCUT2D eigenvalue weighted by atomic mass is 19.2. The van der Waals surface area contributed by atoms with Gasteiger partial charge in [0.05, 0.1) is 11.4 Å². The van der Waals surface area contributed by atoms with E-state index in [2.05, 4.69) is 0 Å². The normalized spacial score (nSPS) is 12.3. The van der Waals surface area contributed by atoms with Gasteiger partial charge in [-0.2, -0.15) is 0 Å². The molecule has 0 amide bonds. The first-order valence-corrected chi connectivity index (χ1v) is 7.79. The van der Waals surface area contributed by atoms with Crippen LogP contribution >= 0.6 is 0 Å². The molecule has 0 aliphatic carbocycles. The van der Waals surface area contributed by atoms with Gasteiger partial charge in [0.1, 0.15) is 5.75 Å². The predicted octanol–water partition coefficient (Wildman–Crippen LogP) is 3.81. The molecule has 1 atom stereocenters. The Balaban J connectivity index is 2.29. The fourth-order valence-electron chi connectivity index (χ4n) is 3.12. The fraction of sp³-hybridized carbons (Fsp3) is 0.158. The van der Waals surface area contributed by atoms with Crippen LogP contribution in [0.1, 0.15) is 34.5 Å². The zero-order valence-electron chi connectivity index (χ0n) is 14.0. The van der Waals surface area contributed by atoms with Crippen molar-refractivity contribution in [3.8, 4) is 5.75 Å². The second-order valence-electron chi connectivity index (χ2n) is 6.03. The van der Waals surface area contributed by atoms with Crippen molar-refractivity contribution in [3.63, 3.8) is 0 Å². The van der Waals surface area contributed by atoms with Gasteiger partial charge in [-0.1, -0.05) is 0 Å². The number of carboxylic acids is 1. The van der Waals surface area contributed by atoms with Crippen LogP contribution in [0.4, 0.5) is 8.78 Å². The number of benzene rings is 2. The average molecular weight is 359 g/mol. The van der Waals surface area contributed by atoms with Crippen LogP contribution in [-0.2, 0) is 4.79 Å². The van der Waals surface area contributed by atoms with Gasteiger partial charge in [-0.05, 0) is 55.8 Å². The Morgan fingerprint density at radius 2 is 1.77 bits per heavy atom. The highest BCUT2D eigenvalue weighted by Gasteiger charge is 2.26. The molecule has 134 valence electrons. The summed E-state index contributed by atoms with van der Waals surface area (Å²) in [6, 6.07) is 7.04.